The summed E-state index contributed by atoms with van der Waals surface area (Å²) in [7, 11) is 0. The quantitative estimate of drug-likeness (QED) is 0.514. The molecule has 3 nitrogen and oxygen atoms in total. The zero-order valence-corrected chi connectivity index (χ0v) is 8.18. The fourth-order valence-corrected chi connectivity index (χ4v) is 0.858. The summed E-state index contributed by atoms with van der Waals surface area (Å²) in [4.78, 5) is 10.9. The minimum Gasteiger partial charge on any atom is -0.463 e. The normalized spacial score (nSPS) is 11.6. The molecule has 0 rings (SSSR count). The number of allylic oxidation sites excluding steroid dienone is 1. The monoisotopic (exact) mass is 171 g/mol. The molecule has 0 aromatic rings. The lowest BCUT2D eigenvalue weighted by atomic mass is 10.3. The first kappa shape index (κ1) is 11.0. The topological polar surface area (TPSA) is 38.3 Å². The second-order valence-corrected chi connectivity index (χ2v) is 2.88. The number of carbonyl (C=O) groups excluding carboxylic acids is 1. The fourth-order valence-electron chi connectivity index (χ4n) is 0.858. The predicted molar refractivity (Wildman–Crippen MR) is 48.7 cm³/mol. The van der Waals surface area contributed by atoms with Gasteiger partial charge in [0.05, 0.1) is 6.61 Å². The Morgan fingerprint density at radius 1 is 1.58 bits per heavy atom. The van der Waals surface area contributed by atoms with Crippen LogP contribution in [0.15, 0.2) is 11.8 Å². The van der Waals surface area contributed by atoms with Crippen LogP contribution in [0.3, 0.4) is 0 Å². The van der Waals surface area contributed by atoms with Crippen molar-refractivity contribution in [3.05, 3.63) is 11.8 Å². The Kier molecular flexibility index (Phi) is 5.17. The summed E-state index contributed by atoms with van der Waals surface area (Å²) >= 11 is 0. The van der Waals surface area contributed by atoms with E-state index in [1.807, 2.05) is 20.8 Å². The Morgan fingerprint density at radius 3 is 2.58 bits per heavy atom. The van der Waals surface area contributed by atoms with Gasteiger partial charge in [-0.05, 0) is 27.7 Å². The van der Waals surface area contributed by atoms with E-state index in [1.54, 1.807) is 6.92 Å². The SMILES string of the molecule is CCOC(=O)/C=C(\C)NC(C)C. The Hall–Kier alpha value is -0.990. The van der Waals surface area contributed by atoms with Gasteiger partial charge in [-0.1, -0.05) is 0 Å². The lowest BCUT2D eigenvalue weighted by Crippen LogP contribution is -2.21. The highest BCUT2D eigenvalue weighted by atomic mass is 16.5. The van der Waals surface area contributed by atoms with Crippen LogP contribution in [0, 0.1) is 0 Å². The molecule has 0 aliphatic rings. The van der Waals surface area contributed by atoms with Gasteiger partial charge in [0.15, 0.2) is 0 Å². The lowest BCUT2D eigenvalue weighted by Gasteiger charge is -2.09. The first-order valence-electron chi connectivity index (χ1n) is 4.17. The summed E-state index contributed by atoms with van der Waals surface area (Å²) in [5.74, 6) is -0.289. The smallest absolute Gasteiger partial charge is 0.332 e. The Balaban J connectivity index is 3.89. The van der Waals surface area contributed by atoms with Gasteiger partial charge in [-0.2, -0.15) is 0 Å². The highest BCUT2D eigenvalue weighted by Gasteiger charge is 1.98. The predicted octanol–water partition coefficient (Wildman–Crippen LogP) is 1.45. The molecule has 3 heteroatoms. The van der Waals surface area contributed by atoms with Gasteiger partial charge in [0.1, 0.15) is 0 Å². The van der Waals surface area contributed by atoms with Crippen molar-refractivity contribution in [2.24, 2.45) is 0 Å². The molecule has 0 bridgehead atoms. The molecular weight excluding hydrogens is 154 g/mol. The Morgan fingerprint density at radius 2 is 2.17 bits per heavy atom. The number of ether oxygens (including phenoxy) is 1. The summed E-state index contributed by atoms with van der Waals surface area (Å²) in [6, 6.07) is 0.343. The largest absolute Gasteiger partial charge is 0.463 e. The van der Waals surface area contributed by atoms with Crippen LogP contribution in [-0.4, -0.2) is 18.6 Å². The van der Waals surface area contributed by atoms with Crippen LogP contribution in [0.2, 0.25) is 0 Å². The third-order valence-electron chi connectivity index (χ3n) is 1.14. The van der Waals surface area contributed by atoms with Crippen LogP contribution < -0.4 is 5.32 Å². The second-order valence-electron chi connectivity index (χ2n) is 2.88. The number of nitrogens with one attached hydrogen (secondary N) is 1. The maximum atomic E-state index is 10.9. The minimum atomic E-state index is -0.289. The summed E-state index contributed by atoms with van der Waals surface area (Å²) in [5.41, 5.74) is 0.837. The molecule has 0 amide bonds. The zero-order valence-electron chi connectivity index (χ0n) is 8.18. The average Bonchev–Trinajstić information content (AvgIpc) is 1.84. The van der Waals surface area contributed by atoms with Gasteiger partial charge >= 0.3 is 5.97 Å². The van der Waals surface area contributed by atoms with E-state index in [-0.39, 0.29) is 5.97 Å². The van der Waals surface area contributed by atoms with E-state index >= 15 is 0 Å². The summed E-state index contributed by atoms with van der Waals surface area (Å²) in [6.45, 7) is 8.09. The van der Waals surface area contributed by atoms with Crippen molar-refractivity contribution >= 4 is 5.97 Å². The molecule has 1 N–H and O–H groups in total. The summed E-state index contributed by atoms with van der Waals surface area (Å²) in [6.07, 6.45) is 1.46. The van der Waals surface area contributed by atoms with Crippen molar-refractivity contribution in [3.8, 4) is 0 Å². The molecule has 0 aromatic heterocycles. The van der Waals surface area contributed by atoms with E-state index in [9.17, 15) is 4.79 Å². The molecule has 0 saturated heterocycles. The molecule has 0 aliphatic carbocycles. The molecule has 0 aromatic carbocycles. The standard InChI is InChI=1S/C9H17NO2/c1-5-12-9(11)6-8(4)10-7(2)3/h6-7,10H,5H2,1-4H3/b8-6+. The number of carbonyl (C=O) groups is 1. The number of hydrogen-bond donors (Lipinski definition) is 1. The van der Waals surface area contributed by atoms with Crippen molar-refractivity contribution in [2.45, 2.75) is 33.7 Å². The van der Waals surface area contributed by atoms with Gasteiger partial charge in [-0.25, -0.2) is 4.79 Å². The van der Waals surface area contributed by atoms with Crippen molar-refractivity contribution in [2.75, 3.05) is 6.61 Å². The van der Waals surface area contributed by atoms with E-state index in [4.69, 9.17) is 4.74 Å². The van der Waals surface area contributed by atoms with Gasteiger partial charge in [-0.15, -0.1) is 0 Å². The molecule has 12 heavy (non-hydrogen) atoms. The highest BCUT2D eigenvalue weighted by molar-refractivity contribution is 5.82. The fraction of sp³-hybridized carbons (Fsp3) is 0.667. The van der Waals surface area contributed by atoms with Crippen LogP contribution in [0.4, 0.5) is 0 Å². The maximum absolute atomic E-state index is 10.9. The minimum absolute atomic E-state index is 0.289. The average molecular weight is 171 g/mol. The molecule has 0 heterocycles. The Labute approximate surface area is 73.8 Å². The molecule has 0 radical (unpaired) electrons. The molecule has 0 fully saturated rings. The number of esters is 1. The van der Waals surface area contributed by atoms with E-state index < -0.39 is 0 Å². The second kappa shape index (κ2) is 5.63. The van der Waals surface area contributed by atoms with Gasteiger partial charge in [-0.3, -0.25) is 0 Å². The van der Waals surface area contributed by atoms with E-state index in [0.29, 0.717) is 12.6 Å². The van der Waals surface area contributed by atoms with Crippen molar-refractivity contribution in [1.82, 2.24) is 5.32 Å². The molecule has 0 atom stereocenters. The third kappa shape index (κ3) is 5.77. The highest BCUT2D eigenvalue weighted by Crippen LogP contribution is 1.91. The molecule has 0 unspecified atom stereocenters. The van der Waals surface area contributed by atoms with Crippen molar-refractivity contribution in [1.29, 1.82) is 0 Å². The molecule has 70 valence electrons. The van der Waals surface area contributed by atoms with Gasteiger partial charge in [0, 0.05) is 17.8 Å². The maximum Gasteiger partial charge on any atom is 0.332 e. The van der Waals surface area contributed by atoms with Crippen LogP contribution in [0.5, 0.6) is 0 Å². The van der Waals surface area contributed by atoms with Gasteiger partial charge < -0.3 is 10.1 Å². The molecule has 0 saturated carbocycles. The zero-order chi connectivity index (χ0) is 9.56. The van der Waals surface area contributed by atoms with E-state index in [0.717, 1.165) is 5.70 Å². The summed E-state index contributed by atoms with van der Waals surface area (Å²) in [5, 5.41) is 3.09. The van der Waals surface area contributed by atoms with Crippen LogP contribution in [0.25, 0.3) is 0 Å². The number of hydrogen-bond acceptors (Lipinski definition) is 3. The van der Waals surface area contributed by atoms with Crippen LogP contribution in [0.1, 0.15) is 27.7 Å². The molecule has 0 spiro atoms. The van der Waals surface area contributed by atoms with Crippen molar-refractivity contribution < 1.29 is 9.53 Å². The molecular formula is C9H17NO2. The number of rotatable bonds is 4. The van der Waals surface area contributed by atoms with E-state index in [1.165, 1.54) is 6.08 Å². The van der Waals surface area contributed by atoms with Crippen molar-refractivity contribution in [3.63, 3.8) is 0 Å². The first-order valence-corrected chi connectivity index (χ1v) is 4.17. The van der Waals surface area contributed by atoms with E-state index in [2.05, 4.69) is 5.32 Å². The molecule has 0 aliphatic heterocycles. The third-order valence-corrected chi connectivity index (χ3v) is 1.14. The lowest BCUT2D eigenvalue weighted by molar-refractivity contribution is -0.137. The Bertz CT molecular complexity index is 173. The van der Waals surface area contributed by atoms with Crippen LogP contribution in [-0.2, 0) is 9.53 Å². The first-order chi connectivity index (χ1) is 5.56. The van der Waals surface area contributed by atoms with Gasteiger partial charge in [0.25, 0.3) is 0 Å². The van der Waals surface area contributed by atoms with Crippen LogP contribution >= 0.6 is 0 Å². The summed E-state index contributed by atoms with van der Waals surface area (Å²) < 4.78 is 4.74. The van der Waals surface area contributed by atoms with Gasteiger partial charge in [0.2, 0.25) is 0 Å².